The molecule has 0 saturated carbocycles. The van der Waals surface area contributed by atoms with Crippen molar-refractivity contribution in [2.45, 2.75) is 19.3 Å². The summed E-state index contributed by atoms with van der Waals surface area (Å²) in [6, 6.07) is 0. The summed E-state index contributed by atoms with van der Waals surface area (Å²) in [6.45, 7) is 0. The highest BCUT2D eigenvalue weighted by atomic mass is 16.2. The van der Waals surface area contributed by atoms with E-state index in [4.69, 9.17) is 0 Å². The van der Waals surface area contributed by atoms with E-state index >= 15 is 0 Å². The van der Waals surface area contributed by atoms with Gasteiger partial charge in [-0.25, -0.2) is 0 Å². The second-order valence-electron chi connectivity index (χ2n) is 3.08. The molecule has 0 spiro atoms. The Morgan fingerprint density at radius 1 is 1.21 bits per heavy atom. The van der Waals surface area contributed by atoms with Gasteiger partial charge in [-0.3, -0.25) is 9.59 Å². The van der Waals surface area contributed by atoms with E-state index < -0.39 is 0 Å². The largest absolute Gasteiger partial charge is 0.348 e. The van der Waals surface area contributed by atoms with Crippen molar-refractivity contribution >= 4 is 18.0 Å². The van der Waals surface area contributed by atoms with Gasteiger partial charge >= 0.3 is 0 Å². The Bertz CT molecular complexity index is 244. The second kappa shape index (κ2) is 7.00. The molecule has 0 aliphatic rings. The summed E-state index contributed by atoms with van der Waals surface area (Å²) >= 11 is 0. The summed E-state index contributed by atoms with van der Waals surface area (Å²) in [7, 11) is 3.21. The molecule has 4 heteroatoms. The summed E-state index contributed by atoms with van der Waals surface area (Å²) in [5, 5.41) is 0. The molecule has 0 aromatic rings. The van der Waals surface area contributed by atoms with Gasteiger partial charge in [-0.15, -0.1) is 0 Å². The topological polar surface area (TPSA) is 54.5 Å². The molecule has 0 aliphatic carbocycles. The van der Waals surface area contributed by atoms with E-state index in [0.717, 1.165) is 6.29 Å². The van der Waals surface area contributed by atoms with E-state index in [0.29, 0.717) is 12.8 Å². The minimum Gasteiger partial charge on any atom is -0.348 e. The molecule has 0 rings (SSSR count). The van der Waals surface area contributed by atoms with Gasteiger partial charge in [0.25, 0.3) is 0 Å². The number of unbranched alkanes of at least 4 members (excludes halogenated alkanes) is 1. The number of hydrogen-bond acceptors (Lipinski definition) is 3. The minimum atomic E-state index is -0.227. The number of nitrogens with zero attached hydrogens (tertiary/aromatic N) is 1. The fraction of sp³-hybridized carbons (Fsp3) is 0.500. The molecule has 0 atom stereocenters. The third-order valence-electron chi connectivity index (χ3n) is 1.58. The van der Waals surface area contributed by atoms with Gasteiger partial charge in [-0.1, -0.05) is 6.08 Å². The lowest BCUT2D eigenvalue weighted by molar-refractivity contribution is -0.132. The number of ketones is 1. The number of rotatable bonds is 6. The molecule has 0 aliphatic heterocycles. The zero-order valence-corrected chi connectivity index (χ0v) is 8.53. The first kappa shape index (κ1) is 12.6. The number of carbonyl (C=O) groups is 3. The molecular formula is C10H15NO3. The molecular weight excluding hydrogens is 182 g/mol. The van der Waals surface area contributed by atoms with Crippen molar-refractivity contribution in [2.75, 3.05) is 14.1 Å². The Hall–Kier alpha value is -1.45. The van der Waals surface area contributed by atoms with Gasteiger partial charge < -0.3 is 9.69 Å². The fourth-order valence-electron chi connectivity index (χ4n) is 0.745. The number of aldehydes is 1. The van der Waals surface area contributed by atoms with Crippen LogP contribution in [0.3, 0.4) is 0 Å². The highest BCUT2D eigenvalue weighted by Gasteiger charge is 2.07. The maximum absolute atomic E-state index is 11.1. The highest BCUT2D eigenvalue weighted by Crippen LogP contribution is 1.93. The van der Waals surface area contributed by atoms with E-state index in [9.17, 15) is 14.4 Å². The van der Waals surface area contributed by atoms with Crippen LogP contribution in [-0.4, -0.2) is 37.0 Å². The van der Waals surface area contributed by atoms with E-state index in [2.05, 4.69) is 0 Å². The van der Waals surface area contributed by atoms with E-state index in [1.807, 2.05) is 0 Å². The number of amides is 1. The molecule has 1 amide bonds. The standard InChI is InChI=1S/C10H15NO3/c1-11(2)10(14)8-9(13)6-4-3-5-7-12/h4,6-7H,3,5,8H2,1-2H3/b6-4-. The normalized spacial score (nSPS) is 10.1. The number of allylic oxidation sites excluding steroid dienone is 2. The SMILES string of the molecule is CN(C)C(=O)CC(=O)/C=C\CCC=O. The van der Waals surface area contributed by atoms with Gasteiger partial charge in [-0.2, -0.15) is 0 Å². The Labute approximate surface area is 83.6 Å². The summed E-state index contributed by atoms with van der Waals surface area (Å²) in [5.74, 6) is -0.440. The number of carbonyl (C=O) groups excluding carboxylic acids is 3. The average molecular weight is 197 g/mol. The van der Waals surface area contributed by atoms with Gasteiger partial charge in [0.2, 0.25) is 5.91 Å². The van der Waals surface area contributed by atoms with Crippen LogP contribution in [0.5, 0.6) is 0 Å². The van der Waals surface area contributed by atoms with Gasteiger partial charge in [0.15, 0.2) is 5.78 Å². The summed E-state index contributed by atoms with van der Waals surface area (Å²) in [5.41, 5.74) is 0. The predicted molar refractivity (Wildman–Crippen MR) is 52.8 cm³/mol. The van der Waals surface area contributed by atoms with Gasteiger partial charge in [0.1, 0.15) is 6.29 Å². The quantitative estimate of drug-likeness (QED) is 0.271. The Balaban J connectivity index is 3.80. The molecule has 0 fully saturated rings. The first-order valence-electron chi connectivity index (χ1n) is 4.41. The van der Waals surface area contributed by atoms with Gasteiger partial charge in [0, 0.05) is 20.5 Å². The van der Waals surface area contributed by atoms with Crippen molar-refractivity contribution in [1.29, 1.82) is 0 Å². The lowest BCUT2D eigenvalue weighted by Gasteiger charge is -2.07. The van der Waals surface area contributed by atoms with Crippen LogP contribution in [0.1, 0.15) is 19.3 Å². The van der Waals surface area contributed by atoms with Gasteiger partial charge in [-0.05, 0) is 12.5 Å². The van der Waals surface area contributed by atoms with Crippen molar-refractivity contribution in [3.63, 3.8) is 0 Å². The summed E-state index contributed by atoms with van der Waals surface area (Å²) in [6.07, 6.45) is 4.60. The van der Waals surface area contributed by atoms with Crippen LogP contribution in [-0.2, 0) is 14.4 Å². The predicted octanol–water partition coefficient (Wildman–Crippen LogP) is 0.569. The molecule has 78 valence electrons. The minimum absolute atomic E-state index is 0.107. The second-order valence-corrected chi connectivity index (χ2v) is 3.08. The van der Waals surface area contributed by atoms with Crippen LogP contribution in [0.2, 0.25) is 0 Å². The van der Waals surface area contributed by atoms with Crippen LogP contribution >= 0.6 is 0 Å². The average Bonchev–Trinajstić information content (AvgIpc) is 2.12. The third kappa shape index (κ3) is 6.11. The first-order chi connectivity index (χ1) is 6.57. The van der Waals surface area contributed by atoms with E-state index in [1.54, 1.807) is 20.2 Å². The zero-order valence-electron chi connectivity index (χ0n) is 8.53. The molecule has 0 aromatic heterocycles. The Morgan fingerprint density at radius 2 is 1.86 bits per heavy atom. The maximum Gasteiger partial charge on any atom is 0.229 e. The monoisotopic (exact) mass is 197 g/mol. The van der Waals surface area contributed by atoms with Gasteiger partial charge in [0.05, 0.1) is 6.42 Å². The lowest BCUT2D eigenvalue weighted by Crippen LogP contribution is -2.23. The molecule has 0 aromatic carbocycles. The molecule has 0 radical (unpaired) electrons. The summed E-state index contributed by atoms with van der Waals surface area (Å²) in [4.78, 5) is 33.5. The van der Waals surface area contributed by atoms with E-state index in [-0.39, 0.29) is 18.1 Å². The third-order valence-corrected chi connectivity index (χ3v) is 1.58. The maximum atomic E-state index is 11.1. The zero-order chi connectivity index (χ0) is 11.0. The highest BCUT2D eigenvalue weighted by molar-refractivity contribution is 6.03. The van der Waals surface area contributed by atoms with Crippen LogP contribution in [0.15, 0.2) is 12.2 Å². The van der Waals surface area contributed by atoms with Crippen molar-refractivity contribution in [1.82, 2.24) is 4.90 Å². The molecule has 0 unspecified atom stereocenters. The fourth-order valence-corrected chi connectivity index (χ4v) is 0.745. The first-order valence-corrected chi connectivity index (χ1v) is 4.41. The molecule has 0 saturated heterocycles. The van der Waals surface area contributed by atoms with Crippen molar-refractivity contribution < 1.29 is 14.4 Å². The van der Waals surface area contributed by atoms with Crippen LogP contribution in [0, 0.1) is 0 Å². The Kier molecular flexibility index (Phi) is 6.28. The molecule has 0 N–H and O–H groups in total. The molecule has 14 heavy (non-hydrogen) atoms. The molecule has 0 bridgehead atoms. The summed E-state index contributed by atoms with van der Waals surface area (Å²) < 4.78 is 0. The van der Waals surface area contributed by atoms with Crippen molar-refractivity contribution in [3.05, 3.63) is 12.2 Å². The van der Waals surface area contributed by atoms with Crippen LogP contribution in [0.25, 0.3) is 0 Å². The van der Waals surface area contributed by atoms with Crippen molar-refractivity contribution in [3.8, 4) is 0 Å². The molecule has 4 nitrogen and oxygen atoms in total. The lowest BCUT2D eigenvalue weighted by atomic mass is 10.2. The molecule has 0 heterocycles. The number of hydrogen-bond donors (Lipinski definition) is 0. The smallest absolute Gasteiger partial charge is 0.229 e. The van der Waals surface area contributed by atoms with E-state index in [1.165, 1.54) is 11.0 Å². The van der Waals surface area contributed by atoms with Crippen LogP contribution < -0.4 is 0 Å². The van der Waals surface area contributed by atoms with Crippen LogP contribution in [0.4, 0.5) is 0 Å². The van der Waals surface area contributed by atoms with Crippen molar-refractivity contribution in [2.24, 2.45) is 0 Å². The Morgan fingerprint density at radius 3 is 2.36 bits per heavy atom.